The molecule has 2 heterocycles. The Hall–Kier alpha value is -2.67. The number of ether oxygens (including phenoxy) is 1. The van der Waals surface area contributed by atoms with Gasteiger partial charge in [0.1, 0.15) is 5.82 Å². The van der Waals surface area contributed by atoms with Crippen molar-refractivity contribution in [2.75, 3.05) is 32.6 Å². The first kappa shape index (κ1) is 19.1. The van der Waals surface area contributed by atoms with Gasteiger partial charge >= 0.3 is 0 Å². The SMILES string of the molecule is CNC(=O)c1cccnc1NC1CCN(Cc2ccc(OC)c(F)c2)CC1. The zero-order chi connectivity index (χ0) is 19.2. The molecule has 27 heavy (non-hydrogen) atoms. The van der Waals surface area contributed by atoms with Gasteiger partial charge in [-0.2, -0.15) is 0 Å². The van der Waals surface area contributed by atoms with E-state index in [-0.39, 0.29) is 23.5 Å². The number of anilines is 1. The second-order valence-electron chi connectivity index (χ2n) is 6.64. The molecule has 7 heteroatoms. The second-order valence-corrected chi connectivity index (χ2v) is 6.64. The van der Waals surface area contributed by atoms with E-state index in [1.54, 1.807) is 31.4 Å². The number of hydrogen-bond acceptors (Lipinski definition) is 5. The summed E-state index contributed by atoms with van der Waals surface area (Å²) in [5.74, 6) is 0.407. The van der Waals surface area contributed by atoms with Crippen molar-refractivity contribution in [1.82, 2.24) is 15.2 Å². The average Bonchev–Trinajstić information content (AvgIpc) is 2.69. The van der Waals surface area contributed by atoms with Crippen molar-refractivity contribution < 1.29 is 13.9 Å². The van der Waals surface area contributed by atoms with E-state index in [2.05, 4.69) is 20.5 Å². The number of benzene rings is 1. The van der Waals surface area contributed by atoms with E-state index in [0.29, 0.717) is 17.9 Å². The molecule has 0 unspecified atom stereocenters. The smallest absolute Gasteiger partial charge is 0.254 e. The summed E-state index contributed by atoms with van der Waals surface area (Å²) in [4.78, 5) is 18.6. The lowest BCUT2D eigenvalue weighted by Gasteiger charge is -2.33. The molecule has 0 bridgehead atoms. The number of methoxy groups -OCH3 is 1. The van der Waals surface area contributed by atoms with Crippen LogP contribution in [0.3, 0.4) is 0 Å². The maximum absolute atomic E-state index is 13.8. The monoisotopic (exact) mass is 372 g/mol. The van der Waals surface area contributed by atoms with Crippen LogP contribution in [0.4, 0.5) is 10.2 Å². The van der Waals surface area contributed by atoms with Crippen LogP contribution in [0.15, 0.2) is 36.5 Å². The zero-order valence-corrected chi connectivity index (χ0v) is 15.7. The zero-order valence-electron chi connectivity index (χ0n) is 15.7. The number of nitrogens with one attached hydrogen (secondary N) is 2. The highest BCUT2D eigenvalue weighted by atomic mass is 19.1. The summed E-state index contributed by atoms with van der Waals surface area (Å²) in [6.45, 7) is 2.50. The number of likely N-dealkylation sites (tertiary alicyclic amines) is 1. The number of carbonyl (C=O) groups excluding carboxylic acids is 1. The minimum absolute atomic E-state index is 0.149. The van der Waals surface area contributed by atoms with Gasteiger partial charge in [-0.25, -0.2) is 9.37 Å². The van der Waals surface area contributed by atoms with Crippen LogP contribution in [0, 0.1) is 5.82 Å². The standard InChI is InChI=1S/C20H25FN4O2/c1-22-20(26)16-4-3-9-23-19(16)24-15-7-10-25(11-8-15)13-14-5-6-18(27-2)17(21)12-14/h3-6,9,12,15H,7-8,10-11,13H2,1-2H3,(H,22,26)(H,23,24). The number of nitrogens with zero attached hydrogens (tertiary/aromatic N) is 2. The number of amides is 1. The third-order valence-corrected chi connectivity index (χ3v) is 4.83. The molecule has 1 amide bonds. The van der Waals surface area contributed by atoms with Gasteiger partial charge < -0.3 is 15.4 Å². The second kappa shape index (κ2) is 8.81. The Morgan fingerprint density at radius 1 is 1.33 bits per heavy atom. The largest absolute Gasteiger partial charge is 0.494 e. The molecule has 0 spiro atoms. The van der Waals surface area contributed by atoms with Crippen LogP contribution in [-0.2, 0) is 6.54 Å². The molecule has 3 rings (SSSR count). The summed E-state index contributed by atoms with van der Waals surface area (Å²) >= 11 is 0. The molecule has 2 aromatic rings. The third kappa shape index (κ3) is 4.74. The molecular weight excluding hydrogens is 347 g/mol. The molecule has 144 valence electrons. The van der Waals surface area contributed by atoms with Crippen molar-refractivity contribution in [3.63, 3.8) is 0 Å². The van der Waals surface area contributed by atoms with Crippen molar-refractivity contribution in [2.45, 2.75) is 25.4 Å². The Kier molecular flexibility index (Phi) is 6.24. The van der Waals surface area contributed by atoms with E-state index in [1.807, 2.05) is 6.07 Å². The number of halogens is 1. The highest BCUT2D eigenvalue weighted by molar-refractivity contribution is 5.98. The molecule has 1 fully saturated rings. The van der Waals surface area contributed by atoms with Crippen LogP contribution in [0.5, 0.6) is 5.75 Å². The van der Waals surface area contributed by atoms with E-state index in [0.717, 1.165) is 31.5 Å². The molecule has 1 aromatic carbocycles. The van der Waals surface area contributed by atoms with Gasteiger partial charge in [0.2, 0.25) is 0 Å². The quantitative estimate of drug-likeness (QED) is 0.816. The Labute approximate surface area is 158 Å². The van der Waals surface area contributed by atoms with E-state index >= 15 is 0 Å². The fourth-order valence-electron chi connectivity index (χ4n) is 3.33. The first-order chi connectivity index (χ1) is 13.1. The highest BCUT2D eigenvalue weighted by Gasteiger charge is 2.21. The average molecular weight is 372 g/mol. The van der Waals surface area contributed by atoms with E-state index in [9.17, 15) is 9.18 Å². The Morgan fingerprint density at radius 2 is 2.11 bits per heavy atom. The number of pyridine rings is 1. The normalized spacial score (nSPS) is 15.4. The number of carbonyl (C=O) groups is 1. The van der Waals surface area contributed by atoms with Crippen LogP contribution in [0.25, 0.3) is 0 Å². The van der Waals surface area contributed by atoms with Crippen LogP contribution in [0.2, 0.25) is 0 Å². The van der Waals surface area contributed by atoms with Crippen molar-refractivity contribution in [3.05, 3.63) is 53.5 Å². The molecule has 0 atom stereocenters. The predicted molar refractivity (Wildman–Crippen MR) is 103 cm³/mol. The van der Waals surface area contributed by atoms with Crippen LogP contribution in [-0.4, -0.2) is 49.1 Å². The predicted octanol–water partition coefficient (Wildman–Crippen LogP) is 2.67. The van der Waals surface area contributed by atoms with E-state index < -0.39 is 0 Å². The van der Waals surface area contributed by atoms with Gasteiger partial charge in [-0.3, -0.25) is 9.69 Å². The van der Waals surface area contributed by atoms with Crippen LogP contribution < -0.4 is 15.4 Å². The maximum atomic E-state index is 13.8. The van der Waals surface area contributed by atoms with Gasteiger partial charge in [0.05, 0.1) is 12.7 Å². The Morgan fingerprint density at radius 3 is 2.78 bits per heavy atom. The summed E-state index contributed by atoms with van der Waals surface area (Å²) in [6.07, 6.45) is 3.55. The van der Waals surface area contributed by atoms with Gasteiger partial charge in [0.15, 0.2) is 11.6 Å². The number of hydrogen-bond donors (Lipinski definition) is 2. The van der Waals surface area contributed by atoms with Crippen molar-refractivity contribution in [3.8, 4) is 5.75 Å². The molecule has 1 aliphatic heterocycles. The van der Waals surface area contributed by atoms with Crippen LogP contribution >= 0.6 is 0 Å². The van der Waals surface area contributed by atoms with E-state index in [1.165, 1.54) is 13.2 Å². The maximum Gasteiger partial charge on any atom is 0.254 e. The van der Waals surface area contributed by atoms with Gasteiger partial charge in [0.25, 0.3) is 5.91 Å². The summed E-state index contributed by atoms with van der Waals surface area (Å²) in [6, 6.07) is 8.88. The number of rotatable bonds is 6. The first-order valence-corrected chi connectivity index (χ1v) is 9.09. The first-order valence-electron chi connectivity index (χ1n) is 9.09. The van der Waals surface area contributed by atoms with Crippen molar-refractivity contribution in [1.29, 1.82) is 0 Å². The summed E-state index contributed by atoms with van der Waals surface area (Å²) in [5, 5.41) is 6.04. The molecule has 1 aliphatic rings. The number of piperidine rings is 1. The molecule has 2 N–H and O–H groups in total. The Balaban J connectivity index is 1.55. The van der Waals surface area contributed by atoms with Gasteiger partial charge in [-0.05, 0) is 42.7 Å². The Bertz CT molecular complexity index is 791. The molecule has 1 aromatic heterocycles. The van der Waals surface area contributed by atoms with Gasteiger partial charge in [-0.15, -0.1) is 0 Å². The summed E-state index contributed by atoms with van der Waals surface area (Å²) in [7, 11) is 3.08. The van der Waals surface area contributed by atoms with Crippen molar-refractivity contribution >= 4 is 11.7 Å². The third-order valence-electron chi connectivity index (χ3n) is 4.83. The van der Waals surface area contributed by atoms with Crippen molar-refractivity contribution in [2.24, 2.45) is 0 Å². The highest BCUT2D eigenvalue weighted by Crippen LogP contribution is 2.22. The molecule has 0 radical (unpaired) electrons. The van der Waals surface area contributed by atoms with Gasteiger partial charge in [0, 0.05) is 38.9 Å². The summed E-state index contributed by atoms with van der Waals surface area (Å²) in [5.41, 5.74) is 1.49. The van der Waals surface area contributed by atoms with Gasteiger partial charge in [-0.1, -0.05) is 6.07 Å². The molecular formula is C20H25FN4O2. The molecule has 0 aliphatic carbocycles. The minimum atomic E-state index is -0.330. The topological polar surface area (TPSA) is 66.5 Å². The number of aromatic nitrogens is 1. The lowest BCUT2D eigenvalue weighted by atomic mass is 10.0. The lowest BCUT2D eigenvalue weighted by Crippen LogP contribution is -2.39. The fourth-order valence-corrected chi connectivity index (χ4v) is 3.33. The molecule has 6 nitrogen and oxygen atoms in total. The fraction of sp³-hybridized carbons (Fsp3) is 0.400. The molecule has 1 saturated heterocycles. The summed E-state index contributed by atoms with van der Waals surface area (Å²) < 4.78 is 18.8. The lowest BCUT2D eigenvalue weighted by molar-refractivity contribution is 0.0963. The molecule has 0 saturated carbocycles. The van der Waals surface area contributed by atoms with Crippen LogP contribution in [0.1, 0.15) is 28.8 Å². The minimum Gasteiger partial charge on any atom is -0.494 e. The van der Waals surface area contributed by atoms with E-state index in [4.69, 9.17) is 4.74 Å².